The van der Waals surface area contributed by atoms with E-state index in [4.69, 9.17) is 0 Å². The van der Waals surface area contributed by atoms with Crippen LogP contribution in [0.2, 0.25) is 0 Å². The summed E-state index contributed by atoms with van der Waals surface area (Å²) in [6.45, 7) is 5.56. The third-order valence-electron chi connectivity index (χ3n) is 3.23. The first-order valence-electron chi connectivity index (χ1n) is 6.79. The molecule has 0 aliphatic rings. The van der Waals surface area contributed by atoms with Gasteiger partial charge in [-0.3, -0.25) is 4.31 Å². The molecule has 0 aliphatic carbocycles. The zero-order chi connectivity index (χ0) is 15.5. The van der Waals surface area contributed by atoms with E-state index in [9.17, 15) is 8.42 Å². The van der Waals surface area contributed by atoms with E-state index in [1.165, 1.54) is 15.6 Å². The van der Waals surface area contributed by atoms with Gasteiger partial charge in [0.25, 0.3) is 10.0 Å². The molecule has 114 valence electrons. The molecular formula is C15H20N2O2S2. The predicted octanol–water partition coefficient (Wildman–Crippen LogP) is 2.99. The van der Waals surface area contributed by atoms with E-state index in [2.05, 4.69) is 5.32 Å². The van der Waals surface area contributed by atoms with Gasteiger partial charge in [-0.15, -0.1) is 11.3 Å². The molecule has 0 unspecified atom stereocenters. The molecule has 0 radical (unpaired) electrons. The van der Waals surface area contributed by atoms with Crippen molar-refractivity contribution in [1.82, 2.24) is 5.32 Å². The summed E-state index contributed by atoms with van der Waals surface area (Å²) in [6.07, 6.45) is 0. The molecule has 0 saturated carbocycles. The Labute approximate surface area is 130 Å². The van der Waals surface area contributed by atoms with Crippen molar-refractivity contribution in [3.63, 3.8) is 0 Å². The van der Waals surface area contributed by atoms with Crippen molar-refractivity contribution in [1.29, 1.82) is 0 Å². The third kappa shape index (κ3) is 3.64. The maximum Gasteiger partial charge on any atom is 0.264 e. The standard InChI is InChI=1S/C15H20N2O2S2/c1-4-16-10-14-9-15(11-20-14)21(18,19)17(3)13-7-5-12(2)6-8-13/h5-9,11,16H,4,10H2,1-3H3. The predicted molar refractivity (Wildman–Crippen MR) is 88.5 cm³/mol. The molecule has 1 aromatic heterocycles. The molecule has 0 saturated heterocycles. The van der Waals surface area contributed by atoms with Gasteiger partial charge < -0.3 is 5.32 Å². The molecule has 1 heterocycles. The lowest BCUT2D eigenvalue weighted by Gasteiger charge is -2.18. The summed E-state index contributed by atoms with van der Waals surface area (Å²) in [5.74, 6) is 0. The molecule has 21 heavy (non-hydrogen) atoms. The molecule has 4 nitrogen and oxygen atoms in total. The van der Waals surface area contributed by atoms with Crippen molar-refractivity contribution < 1.29 is 8.42 Å². The Kier molecular flexibility index (Phi) is 5.03. The van der Waals surface area contributed by atoms with Crippen molar-refractivity contribution in [2.75, 3.05) is 17.9 Å². The zero-order valence-corrected chi connectivity index (χ0v) is 14.1. The number of benzene rings is 1. The minimum Gasteiger partial charge on any atom is -0.312 e. The van der Waals surface area contributed by atoms with Crippen LogP contribution in [0.15, 0.2) is 40.6 Å². The summed E-state index contributed by atoms with van der Waals surface area (Å²) in [7, 11) is -1.91. The van der Waals surface area contributed by atoms with Crippen LogP contribution in [-0.4, -0.2) is 22.0 Å². The maximum atomic E-state index is 12.6. The van der Waals surface area contributed by atoms with Gasteiger partial charge in [-0.25, -0.2) is 8.42 Å². The lowest BCUT2D eigenvalue weighted by Crippen LogP contribution is -2.26. The average molecular weight is 324 g/mol. The molecule has 0 amide bonds. The van der Waals surface area contributed by atoms with Crippen LogP contribution in [0.3, 0.4) is 0 Å². The topological polar surface area (TPSA) is 49.4 Å². The Morgan fingerprint density at radius 3 is 2.52 bits per heavy atom. The monoisotopic (exact) mass is 324 g/mol. The van der Waals surface area contributed by atoms with E-state index < -0.39 is 10.0 Å². The highest BCUT2D eigenvalue weighted by Crippen LogP contribution is 2.26. The second kappa shape index (κ2) is 6.60. The second-order valence-corrected chi connectivity index (χ2v) is 7.80. The molecule has 0 bridgehead atoms. The van der Waals surface area contributed by atoms with Gasteiger partial charge in [0.1, 0.15) is 0 Å². The van der Waals surface area contributed by atoms with Crippen LogP contribution in [0.5, 0.6) is 0 Å². The first-order valence-corrected chi connectivity index (χ1v) is 9.11. The summed E-state index contributed by atoms with van der Waals surface area (Å²) in [4.78, 5) is 1.37. The van der Waals surface area contributed by atoms with Crippen molar-refractivity contribution in [3.05, 3.63) is 46.2 Å². The summed E-state index contributed by atoms with van der Waals surface area (Å²) < 4.78 is 26.6. The van der Waals surface area contributed by atoms with Crippen molar-refractivity contribution >= 4 is 27.0 Å². The molecule has 0 spiro atoms. The Hall–Kier alpha value is -1.37. The van der Waals surface area contributed by atoms with Crippen molar-refractivity contribution in [2.45, 2.75) is 25.3 Å². The Balaban J connectivity index is 2.24. The SMILES string of the molecule is CCNCc1cc(S(=O)(=O)N(C)c2ccc(C)cc2)cs1. The molecule has 1 aromatic carbocycles. The van der Waals surface area contributed by atoms with E-state index >= 15 is 0 Å². The van der Waals surface area contributed by atoms with Crippen LogP contribution in [0.4, 0.5) is 5.69 Å². The summed E-state index contributed by atoms with van der Waals surface area (Å²) in [6, 6.07) is 9.20. The molecule has 0 atom stereocenters. The fourth-order valence-corrected chi connectivity index (χ4v) is 4.32. The van der Waals surface area contributed by atoms with Gasteiger partial charge in [0, 0.05) is 23.8 Å². The molecule has 2 rings (SSSR count). The third-order valence-corrected chi connectivity index (χ3v) is 6.08. The largest absolute Gasteiger partial charge is 0.312 e. The number of anilines is 1. The molecule has 6 heteroatoms. The first-order chi connectivity index (χ1) is 9.95. The van der Waals surface area contributed by atoms with Gasteiger partial charge in [-0.2, -0.15) is 0 Å². The highest BCUT2D eigenvalue weighted by atomic mass is 32.2. The molecular weight excluding hydrogens is 304 g/mol. The van der Waals surface area contributed by atoms with Crippen LogP contribution >= 0.6 is 11.3 Å². The minimum atomic E-state index is -3.49. The van der Waals surface area contributed by atoms with Crippen LogP contribution in [0, 0.1) is 6.92 Å². The van der Waals surface area contributed by atoms with Crippen LogP contribution in [-0.2, 0) is 16.6 Å². The minimum absolute atomic E-state index is 0.350. The fraction of sp³-hybridized carbons (Fsp3) is 0.333. The number of nitrogens with zero attached hydrogens (tertiary/aromatic N) is 1. The van der Waals surface area contributed by atoms with E-state index in [1.807, 2.05) is 38.1 Å². The summed E-state index contributed by atoms with van der Waals surface area (Å²) in [5.41, 5.74) is 1.77. The van der Waals surface area contributed by atoms with Crippen LogP contribution in [0.1, 0.15) is 17.4 Å². The number of hydrogen-bond donors (Lipinski definition) is 1. The van der Waals surface area contributed by atoms with Gasteiger partial charge in [0.15, 0.2) is 0 Å². The summed E-state index contributed by atoms with van der Waals surface area (Å²) >= 11 is 1.46. The van der Waals surface area contributed by atoms with E-state index in [-0.39, 0.29) is 0 Å². The molecule has 2 aromatic rings. The highest BCUT2D eigenvalue weighted by molar-refractivity contribution is 7.93. The van der Waals surface area contributed by atoms with Crippen molar-refractivity contribution in [3.8, 4) is 0 Å². The summed E-state index contributed by atoms with van der Waals surface area (Å²) in [5, 5.41) is 4.90. The molecule has 0 aliphatic heterocycles. The van der Waals surface area contributed by atoms with Gasteiger partial charge >= 0.3 is 0 Å². The van der Waals surface area contributed by atoms with Crippen LogP contribution < -0.4 is 9.62 Å². The second-order valence-electron chi connectivity index (χ2n) is 4.84. The number of thiophene rings is 1. The lowest BCUT2D eigenvalue weighted by atomic mass is 10.2. The Morgan fingerprint density at radius 1 is 1.24 bits per heavy atom. The fourth-order valence-electron chi connectivity index (χ4n) is 1.89. The molecule has 0 fully saturated rings. The van der Waals surface area contributed by atoms with Crippen molar-refractivity contribution in [2.24, 2.45) is 0 Å². The number of nitrogens with one attached hydrogen (secondary N) is 1. The van der Waals surface area contributed by atoms with E-state index in [1.54, 1.807) is 18.5 Å². The number of aryl methyl sites for hydroxylation is 1. The number of sulfonamides is 1. The first kappa shape index (κ1) is 16.0. The normalized spacial score (nSPS) is 11.6. The van der Waals surface area contributed by atoms with Gasteiger partial charge in [0.05, 0.1) is 10.6 Å². The average Bonchev–Trinajstić information content (AvgIpc) is 2.94. The van der Waals surface area contributed by atoms with Gasteiger partial charge in [-0.05, 0) is 31.7 Å². The Bertz CT molecular complexity index is 691. The van der Waals surface area contributed by atoms with Crippen LogP contribution in [0.25, 0.3) is 0 Å². The Morgan fingerprint density at radius 2 is 1.90 bits per heavy atom. The van der Waals surface area contributed by atoms with Gasteiger partial charge in [-0.1, -0.05) is 24.6 Å². The van der Waals surface area contributed by atoms with Gasteiger partial charge in [0.2, 0.25) is 0 Å². The lowest BCUT2D eigenvalue weighted by molar-refractivity contribution is 0.594. The smallest absolute Gasteiger partial charge is 0.264 e. The quantitative estimate of drug-likeness (QED) is 0.888. The highest BCUT2D eigenvalue weighted by Gasteiger charge is 2.22. The van der Waals surface area contributed by atoms with E-state index in [0.29, 0.717) is 17.1 Å². The number of rotatable bonds is 6. The maximum absolute atomic E-state index is 12.6. The number of hydrogen-bond acceptors (Lipinski definition) is 4. The van der Waals surface area contributed by atoms with E-state index in [0.717, 1.165) is 17.0 Å². The zero-order valence-electron chi connectivity index (χ0n) is 12.5. The molecule has 1 N–H and O–H groups in total.